The van der Waals surface area contributed by atoms with E-state index in [-0.39, 0.29) is 23.4 Å². The van der Waals surface area contributed by atoms with Gasteiger partial charge in [0.15, 0.2) is 0 Å². The lowest BCUT2D eigenvalue weighted by atomic mass is 9.94. The molecule has 182 valence electrons. The maximum absolute atomic E-state index is 14.1. The molecule has 0 radical (unpaired) electrons. The smallest absolute Gasteiger partial charge is 0.256 e. The average Bonchev–Trinajstić information content (AvgIpc) is 3.34. The van der Waals surface area contributed by atoms with Gasteiger partial charge in [0.1, 0.15) is 11.6 Å². The Kier molecular flexibility index (Phi) is 7.61. The number of carbonyl (C=O) groups excluding carboxylic acids is 2. The number of rotatable bonds is 6. The first-order valence-corrected chi connectivity index (χ1v) is 12.2. The van der Waals surface area contributed by atoms with Gasteiger partial charge in [0.25, 0.3) is 5.91 Å². The summed E-state index contributed by atoms with van der Waals surface area (Å²) in [6, 6.07) is 10.8. The third-order valence-corrected chi connectivity index (χ3v) is 7.12. The fraction of sp³-hybridized carbons (Fsp3) is 0.481. The normalized spacial score (nSPS) is 18.3. The first-order valence-electron chi connectivity index (χ1n) is 12.2. The average molecular weight is 470 g/mol. The van der Waals surface area contributed by atoms with Crippen LogP contribution in [0.2, 0.25) is 0 Å². The number of hydrogen-bond acceptors (Lipinski definition) is 3. The van der Waals surface area contributed by atoms with Gasteiger partial charge in [-0.1, -0.05) is 38.8 Å². The highest BCUT2D eigenvalue weighted by molar-refractivity contribution is 5.96. The molecule has 2 aliphatic rings. The zero-order valence-corrected chi connectivity index (χ0v) is 19.9. The van der Waals surface area contributed by atoms with Gasteiger partial charge in [0.2, 0.25) is 5.91 Å². The highest BCUT2D eigenvalue weighted by Crippen LogP contribution is 2.32. The molecule has 1 unspecified atom stereocenters. The Labute approximate surface area is 200 Å². The summed E-state index contributed by atoms with van der Waals surface area (Å²) in [4.78, 5) is 29.9. The Morgan fingerprint density at radius 2 is 1.59 bits per heavy atom. The Hall–Kier alpha value is -2.80. The number of amides is 2. The van der Waals surface area contributed by atoms with Crippen LogP contribution in [0.5, 0.6) is 0 Å². The van der Waals surface area contributed by atoms with Crippen LogP contribution in [-0.2, 0) is 4.79 Å². The van der Waals surface area contributed by atoms with Gasteiger partial charge in [0, 0.05) is 37.9 Å². The number of carbonyl (C=O) groups is 2. The highest BCUT2D eigenvalue weighted by Gasteiger charge is 2.37. The van der Waals surface area contributed by atoms with E-state index in [1.165, 1.54) is 11.6 Å². The molecule has 1 heterocycles. The van der Waals surface area contributed by atoms with Gasteiger partial charge in [0.05, 0.1) is 11.6 Å². The van der Waals surface area contributed by atoms with Crippen molar-refractivity contribution in [3.63, 3.8) is 0 Å². The van der Waals surface area contributed by atoms with Gasteiger partial charge in [-0.3, -0.25) is 14.5 Å². The molecular formula is C27H33F2N3O2. The molecule has 1 atom stereocenters. The van der Waals surface area contributed by atoms with Gasteiger partial charge in [-0.2, -0.15) is 0 Å². The van der Waals surface area contributed by atoms with Crippen molar-refractivity contribution in [1.82, 2.24) is 9.80 Å². The van der Waals surface area contributed by atoms with Crippen molar-refractivity contribution >= 4 is 17.5 Å². The van der Waals surface area contributed by atoms with E-state index in [4.69, 9.17) is 0 Å². The van der Waals surface area contributed by atoms with E-state index >= 15 is 0 Å². The van der Waals surface area contributed by atoms with Crippen LogP contribution in [0.1, 0.15) is 61.4 Å². The van der Waals surface area contributed by atoms with Crippen LogP contribution in [0.15, 0.2) is 42.5 Å². The molecule has 1 aliphatic carbocycles. The van der Waals surface area contributed by atoms with E-state index in [0.29, 0.717) is 32.1 Å². The molecule has 1 saturated heterocycles. The van der Waals surface area contributed by atoms with Gasteiger partial charge >= 0.3 is 0 Å². The Balaban J connectivity index is 1.43. The summed E-state index contributed by atoms with van der Waals surface area (Å²) < 4.78 is 27.3. The predicted molar refractivity (Wildman–Crippen MR) is 129 cm³/mol. The summed E-state index contributed by atoms with van der Waals surface area (Å²) in [6.07, 6.45) is 4.29. The lowest BCUT2D eigenvalue weighted by Crippen LogP contribution is -2.57. The molecule has 2 aromatic carbocycles. The first-order chi connectivity index (χ1) is 16.3. The molecule has 1 N–H and O–H groups in total. The third-order valence-electron chi connectivity index (χ3n) is 7.12. The Morgan fingerprint density at radius 3 is 2.18 bits per heavy atom. The molecule has 0 spiro atoms. The quantitative estimate of drug-likeness (QED) is 0.645. The van der Waals surface area contributed by atoms with Crippen LogP contribution in [0.25, 0.3) is 0 Å². The fourth-order valence-electron chi connectivity index (χ4n) is 5.16. The molecule has 0 bridgehead atoms. The van der Waals surface area contributed by atoms with E-state index in [1.807, 2.05) is 24.3 Å². The van der Waals surface area contributed by atoms with Crippen LogP contribution in [-0.4, -0.2) is 53.8 Å². The van der Waals surface area contributed by atoms with E-state index in [9.17, 15) is 18.4 Å². The predicted octanol–water partition coefficient (Wildman–Crippen LogP) is 5.04. The molecule has 7 heteroatoms. The van der Waals surface area contributed by atoms with Crippen LogP contribution in [0.3, 0.4) is 0 Å². The zero-order chi connectivity index (χ0) is 24.2. The second-order valence-corrected chi connectivity index (χ2v) is 9.71. The Morgan fingerprint density at radius 1 is 0.941 bits per heavy atom. The number of piperazine rings is 1. The van der Waals surface area contributed by atoms with E-state index in [2.05, 4.69) is 24.1 Å². The highest BCUT2D eigenvalue weighted by atomic mass is 19.1. The minimum atomic E-state index is -0.848. The molecule has 0 aromatic heterocycles. The largest absolute Gasteiger partial charge is 0.336 e. The third kappa shape index (κ3) is 5.46. The first kappa shape index (κ1) is 24.3. The summed E-state index contributed by atoms with van der Waals surface area (Å²) in [5, 5.41) is 3.11. The van der Waals surface area contributed by atoms with Crippen LogP contribution >= 0.6 is 0 Å². The number of nitrogens with zero attached hydrogens (tertiary/aromatic N) is 2. The summed E-state index contributed by atoms with van der Waals surface area (Å²) >= 11 is 0. The second-order valence-electron chi connectivity index (χ2n) is 9.71. The number of anilines is 1. The molecule has 5 nitrogen and oxygen atoms in total. The van der Waals surface area contributed by atoms with Gasteiger partial charge in [-0.05, 0) is 54.5 Å². The summed E-state index contributed by atoms with van der Waals surface area (Å²) in [6.45, 7) is 6.15. The molecule has 1 aliphatic heterocycles. The van der Waals surface area contributed by atoms with Crippen molar-refractivity contribution in [2.45, 2.75) is 51.5 Å². The number of nitrogens with one attached hydrogen (secondary N) is 1. The molecule has 2 fully saturated rings. The Bertz CT molecular complexity index is 1010. The van der Waals surface area contributed by atoms with E-state index < -0.39 is 17.5 Å². The maximum Gasteiger partial charge on any atom is 0.256 e. The molecular weight excluding hydrogens is 436 g/mol. The van der Waals surface area contributed by atoms with Gasteiger partial charge < -0.3 is 10.2 Å². The molecule has 2 amide bonds. The second kappa shape index (κ2) is 10.6. The van der Waals surface area contributed by atoms with Crippen LogP contribution in [0.4, 0.5) is 14.5 Å². The standard InChI is InChI=1S/C27H33F2N3O2/c1-18(2)19-7-10-22(11-8-19)30-26(33)25(20-5-3-4-6-20)31-13-15-32(16-14-31)27(34)23-12-9-21(28)17-24(23)29/h7-12,17-18,20,25H,3-6,13-16H2,1-2H3,(H,30,33). The fourth-order valence-corrected chi connectivity index (χ4v) is 5.16. The van der Waals surface area contributed by atoms with Gasteiger partial charge in [-0.15, -0.1) is 0 Å². The lowest BCUT2D eigenvalue weighted by Gasteiger charge is -2.40. The lowest BCUT2D eigenvalue weighted by molar-refractivity contribution is -0.123. The van der Waals surface area contributed by atoms with Crippen molar-refractivity contribution in [1.29, 1.82) is 0 Å². The SMILES string of the molecule is CC(C)c1ccc(NC(=O)C(C2CCCC2)N2CCN(C(=O)c3ccc(F)cc3F)CC2)cc1. The minimum absolute atomic E-state index is 0.00597. The zero-order valence-electron chi connectivity index (χ0n) is 19.9. The van der Waals surface area contributed by atoms with E-state index in [1.54, 1.807) is 4.90 Å². The van der Waals surface area contributed by atoms with Crippen molar-refractivity contribution in [3.05, 3.63) is 65.2 Å². The van der Waals surface area contributed by atoms with Gasteiger partial charge in [-0.25, -0.2) is 8.78 Å². The number of benzene rings is 2. The van der Waals surface area contributed by atoms with Crippen molar-refractivity contribution in [2.24, 2.45) is 5.92 Å². The molecule has 4 rings (SSSR count). The van der Waals surface area contributed by atoms with Crippen molar-refractivity contribution < 1.29 is 18.4 Å². The molecule has 2 aromatic rings. The van der Waals surface area contributed by atoms with Crippen molar-refractivity contribution in [2.75, 3.05) is 31.5 Å². The van der Waals surface area contributed by atoms with Crippen molar-refractivity contribution in [3.8, 4) is 0 Å². The number of halogens is 2. The summed E-state index contributed by atoms with van der Waals surface area (Å²) in [5.74, 6) is -1.29. The maximum atomic E-state index is 14.1. The molecule has 34 heavy (non-hydrogen) atoms. The summed E-state index contributed by atoms with van der Waals surface area (Å²) in [5.41, 5.74) is 1.89. The number of hydrogen-bond donors (Lipinski definition) is 1. The van der Waals surface area contributed by atoms with E-state index in [0.717, 1.165) is 43.5 Å². The van der Waals surface area contributed by atoms with Crippen LogP contribution < -0.4 is 5.32 Å². The topological polar surface area (TPSA) is 52.7 Å². The monoisotopic (exact) mass is 469 g/mol. The van der Waals surface area contributed by atoms with Crippen LogP contribution in [0, 0.1) is 17.6 Å². The minimum Gasteiger partial charge on any atom is -0.336 e. The summed E-state index contributed by atoms with van der Waals surface area (Å²) in [7, 11) is 0. The molecule has 1 saturated carbocycles.